The van der Waals surface area contributed by atoms with Gasteiger partial charge in [-0.05, 0) is 19.1 Å². The van der Waals surface area contributed by atoms with E-state index in [1.165, 1.54) is 0 Å². The zero-order valence-corrected chi connectivity index (χ0v) is 11.3. The average molecular weight is 287 g/mol. The second-order valence-corrected chi connectivity index (χ2v) is 5.36. The molecule has 3 atom stereocenters. The van der Waals surface area contributed by atoms with Crippen LogP contribution in [0.4, 0.5) is 0 Å². The summed E-state index contributed by atoms with van der Waals surface area (Å²) in [4.78, 5) is 11.8. The van der Waals surface area contributed by atoms with Gasteiger partial charge in [-0.2, -0.15) is 0 Å². The highest BCUT2D eigenvalue weighted by Crippen LogP contribution is 2.62. The molecule has 1 unspecified atom stereocenters. The Balaban J connectivity index is 1.95. The number of ether oxygens (including phenoxy) is 2. The van der Waals surface area contributed by atoms with Gasteiger partial charge in [0.25, 0.3) is 0 Å². The van der Waals surface area contributed by atoms with E-state index >= 15 is 0 Å². The Kier molecular flexibility index (Phi) is 2.91. The van der Waals surface area contributed by atoms with Gasteiger partial charge in [0.1, 0.15) is 5.75 Å². The van der Waals surface area contributed by atoms with E-state index in [0.717, 1.165) is 5.56 Å². The van der Waals surface area contributed by atoms with Crippen LogP contribution in [0, 0.1) is 11.8 Å². The van der Waals surface area contributed by atoms with Crippen LogP contribution in [0.2, 0.25) is 10.0 Å². The SMILES string of the molecule is CCOC(=O)[C@H]1C2c3c(Cl)ccc(Cl)c3OC[C@H]21. The third-order valence-corrected chi connectivity index (χ3v) is 4.20. The number of rotatable bonds is 2. The van der Waals surface area contributed by atoms with E-state index in [-0.39, 0.29) is 23.7 Å². The zero-order valence-electron chi connectivity index (χ0n) is 9.78. The summed E-state index contributed by atoms with van der Waals surface area (Å²) in [5.41, 5.74) is 0.860. The lowest BCUT2D eigenvalue weighted by molar-refractivity contribution is -0.145. The molecular weight excluding hydrogens is 275 g/mol. The quantitative estimate of drug-likeness (QED) is 0.783. The molecule has 18 heavy (non-hydrogen) atoms. The van der Waals surface area contributed by atoms with Crippen LogP contribution < -0.4 is 4.74 Å². The molecule has 1 aliphatic carbocycles. The minimum Gasteiger partial charge on any atom is -0.491 e. The maximum Gasteiger partial charge on any atom is 0.309 e. The van der Waals surface area contributed by atoms with Crippen molar-refractivity contribution >= 4 is 29.2 Å². The van der Waals surface area contributed by atoms with Crippen molar-refractivity contribution in [1.29, 1.82) is 0 Å². The van der Waals surface area contributed by atoms with Crippen LogP contribution in [-0.2, 0) is 9.53 Å². The Morgan fingerprint density at radius 1 is 1.44 bits per heavy atom. The molecule has 5 heteroatoms. The number of halogens is 2. The lowest BCUT2D eigenvalue weighted by atomic mass is 10.1. The smallest absolute Gasteiger partial charge is 0.309 e. The van der Waals surface area contributed by atoms with Crippen molar-refractivity contribution in [2.75, 3.05) is 13.2 Å². The molecule has 0 radical (unpaired) electrons. The number of hydrogen-bond donors (Lipinski definition) is 0. The fraction of sp³-hybridized carbons (Fsp3) is 0.462. The molecule has 3 nitrogen and oxygen atoms in total. The van der Waals surface area contributed by atoms with Gasteiger partial charge in [0.05, 0.1) is 24.2 Å². The largest absolute Gasteiger partial charge is 0.491 e. The van der Waals surface area contributed by atoms with Gasteiger partial charge in [0.15, 0.2) is 0 Å². The predicted octanol–water partition coefficient (Wildman–Crippen LogP) is 3.28. The van der Waals surface area contributed by atoms with Crippen LogP contribution in [0.25, 0.3) is 0 Å². The topological polar surface area (TPSA) is 35.5 Å². The molecule has 0 N–H and O–H groups in total. The Labute approximate surface area is 115 Å². The average Bonchev–Trinajstić information content (AvgIpc) is 3.08. The van der Waals surface area contributed by atoms with Crippen LogP contribution in [0.3, 0.4) is 0 Å². The van der Waals surface area contributed by atoms with Gasteiger partial charge in [-0.25, -0.2) is 0 Å². The van der Waals surface area contributed by atoms with Gasteiger partial charge >= 0.3 is 5.97 Å². The van der Waals surface area contributed by atoms with E-state index in [1.807, 2.05) is 0 Å². The fourth-order valence-corrected chi connectivity index (χ4v) is 3.21. The standard InChI is InChI=1S/C13H12Cl2O3/c1-2-17-13(16)10-6-5-18-12-8(15)4-3-7(14)11(12)9(6)10/h3-4,6,9-10H,2,5H2,1H3/t6-,9?,10-/m1/s1. The predicted molar refractivity (Wildman–Crippen MR) is 68.3 cm³/mol. The highest BCUT2D eigenvalue weighted by molar-refractivity contribution is 6.35. The summed E-state index contributed by atoms with van der Waals surface area (Å²) >= 11 is 12.3. The Morgan fingerprint density at radius 3 is 2.89 bits per heavy atom. The molecule has 0 aromatic heterocycles. The van der Waals surface area contributed by atoms with Crippen LogP contribution in [-0.4, -0.2) is 19.2 Å². The van der Waals surface area contributed by atoms with Crippen molar-refractivity contribution < 1.29 is 14.3 Å². The van der Waals surface area contributed by atoms with Crippen molar-refractivity contribution in [1.82, 2.24) is 0 Å². The van der Waals surface area contributed by atoms with E-state index in [9.17, 15) is 4.79 Å². The Morgan fingerprint density at radius 2 is 2.17 bits per heavy atom. The molecule has 1 saturated carbocycles. The van der Waals surface area contributed by atoms with Gasteiger partial charge in [-0.1, -0.05) is 23.2 Å². The minimum absolute atomic E-state index is 0.0963. The van der Waals surface area contributed by atoms with Crippen molar-refractivity contribution in [2.24, 2.45) is 11.8 Å². The molecule has 0 spiro atoms. The monoisotopic (exact) mass is 286 g/mol. The van der Waals surface area contributed by atoms with E-state index < -0.39 is 0 Å². The van der Waals surface area contributed by atoms with Crippen LogP contribution in [0.5, 0.6) is 5.75 Å². The second-order valence-electron chi connectivity index (χ2n) is 4.55. The van der Waals surface area contributed by atoms with Crippen LogP contribution in [0.15, 0.2) is 12.1 Å². The van der Waals surface area contributed by atoms with E-state index in [1.54, 1.807) is 19.1 Å². The summed E-state index contributed by atoms with van der Waals surface area (Å²) in [6.07, 6.45) is 0. The van der Waals surface area contributed by atoms with Crippen molar-refractivity contribution in [2.45, 2.75) is 12.8 Å². The maximum atomic E-state index is 11.8. The van der Waals surface area contributed by atoms with Crippen LogP contribution >= 0.6 is 23.2 Å². The molecular formula is C13H12Cl2O3. The normalized spacial score (nSPS) is 27.8. The molecule has 2 aliphatic rings. The summed E-state index contributed by atoms with van der Waals surface area (Å²) in [5, 5.41) is 1.15. The molecule has 1 aromatic rings. The lowest BCUT2D eigenvalue weighted by Gasteiger charge is -2.18. The number of esters is 1. The van der Waals surface area contributed by atoms with Crippen LogP contribution in [0.1, 0.15) is 18.4 Å². The first-order valence-electron chi connectivity index (χ1n) is 5.92. The number of carbonyl (C=O) groups excluding carboxylic acids is 1. The third kappa shape index (κ3) is 1.69. The fourth-order valence-electron chi connectivity index (χ4n) is 2.72. The molecule has 0 amide bonds. The summed E-state index contributed by atoms with van der Waals surface area (Å²) in [5.74, 6) is 0.589. The lowest BCUT2D eigenvalue weighted by Crippen LogP contribution is -2.10. The Hall–Kier alpha value is -0.930. The zero-order chi connectivity index (χ0) is 12.9. The first-order chi connectivity index (χ1) is 8.65. The summed E-state index contributed by atoms with van der Waals surface area (Å²) in [6, 6.07) is 3.46. The van der Waals surface area contributed by atoms with Gasteiger partial charge in [-0.3, -0.25) is 4.79 Å². The highest BCUT2D eigenvalue weighted by Gasteiger charge is 2.60. The summed E-state index contributed by atoms with van der Waals surface area (Å²) < 4.78 is 10.7. The van der Waals surface area contributed by atoms with E-state index in [4.69, 9.17) is 32.7 Å². The van der Waals surface area contributed by atoms with E-state index in [0.29, 0.717) is 29.0 Å². The van der Waals surface area contributed by atoms with Gasteiger partial charge < -0.3 is 9.47 Å². The van der Waals surface area contributed by atoms with Crippen molar-refractivity contribution in [3.8, 4) is 5.75 Å². The highest BCUT2D eigenvalue weighted by atomic mass is 35.5. The summed E-state index contributed by atoms with van der Waals surface area (Å²) in [7, 11) is 0. The Bertz CT molecular complexity index is 515. The van der Waals surface area contributed by atoms with Crippen molar-refractivity contribution in [3.05, 3.63) is 27.7 Å². The first-order valence-corrected chi connectivity index (χ1v) is 6.68. The number of carbonyl (C=O) groups is 1. The number of hydrogen-bond acceptors (Lipinski definition) is 3. The number of fused-ring (bicyclic) bond motifs is 3. The molecule has 1 fully saturated rings. The number of benzene rings is 1. The van der Waals surface area contributed by atoms with E-state index in [2.05, 4.69) is 0 Å². The van der Waals surface area contributed by atoms with Crippen molar-refractivity contribution in [3.63, 3.8) is 0 Å². The minimum atomic E-state index is -0.167. The van der Waals surface area contributed by atoms with Gasteiger partial charge in [-0.15, -0.1) is 0 Å². The summed E-state index contributed by atoms with van der Waals surface area (Å²) in [6.45, 7) is 2.70. The molecule has 0 bridgehead atoms. The molecule has 3 rings (SSSR count). The molecule has 96 valence electrons. The molecule has 1 aliphatic heterocycles. The second kappa shape index (κ2) is 4.32. The van der Waals surface area contributed by atoms with Gasteiger partial charge in [0, 0.05) is 22.4 Å². The maximum absolute atomic E-state index is 11.8. The van der Waals surface area contributed by atoms with Gasteiger partial charge in [0.2, 0.25) is 0 Å². The third-order valence-electron chi connectivity index (χ3n) is 3.58. The first kappa shape index (κ1) is 12.1. The molecule has 1 heterocycles. The molecule has 0 saturated heterocycles. The molecule has 1 aromatic carbocycles.